The van der Waals surface area contributed by atoms with E-state index in [4.69, 9.17) is 9.47 Å². The average Bonchev–Trinajstić information content (AvgIpc) is 2.80. The molecule has 0 fully saturated rings. The summed E-state index contributed by atoms with van der Waals surface area (Å²) in [6.07, 6.45) is 4.61. The fourth-order valence-electron chi connectivity index (χ4n) is 3.11. The van der Waals surface area contributed by atoms with Crippen molar-refractivity contribution in [3.05, 3.63) is 89.0 Å². The molecule has 0 aliphatic rings. The fourth-order valence-corrected chi connectivity index (χ4v) is 3.11. The van der Waals surface area contributed by atoms with Crippen LogP contribution in [-0.4, -0.2) is 27.6 Å². The van der Waals surface area contributed by atoms with Crippen molar-refractivity contribution in [1.82, 2.24) is 14.5 Å². The van der Waals surface area contributed by atoms with Crippen LogP contribution in [0.15, 0.2) is 72.0 Å². The number of nitrogens with zero attached hydrogens (tertiary/aromatic N) is 3. The Bertz CT molecular complexity index is 1320. The molecule has 2 aromatic heterocycles. The molecule has 1 amide bonds. The Kier molecular flexibility index (Phi) is 6.07. The van der Waals surface area contributed by atoms with Crippen LogP contribution in [0.5, 0.6) is 11.5 Å². The molecule has 2 aromatic carbocycles. The Hall–Kier alpha value is -4.27. The molecule has 0 bridgehead atoms. The summed E-state index contributed by atoms with van der Waals surface area (Å²) in [7, 11) is 1.52. The van der Waals surface area contributed by atoms with E-state index in [1.807, 2.05) is 12.1 Å². The van der Waals surface area contributed by atoms with Gasteiger partial charge in [0, 0.05) is 24.1 Å². The minimum absolute atomic E-state index is 0.108. The second-order valence-corrected chi connectivity index (χ2v) is 6.90. The van der Waals surface area contributed by atoms with Crippen LogP contribution < -0.4 is 20.3 Å². The Morgan fingerprint density at radius 2 is 1.91 bits per heavy atom. The van der Waals surface area contributed by atoms with Gasteiger partial charge in [-0.3, -0.25) is 19.1 Å². The van der Waals surface area contributed by atoms with Gasteiger partial charge in [-0.05, 0) is 48.0 Å². The number of carbonyl (C=O) groups excluding carboxylic acids is 1. The summed E-state index contributed by atoms with van der Waals surface area (Å²) in [5, 5.41) is 2.83. The highest BCUT2D eigenvalue weighted by molar-refractivity contribution is 5.91. The number of nitrogens with one attached hydrogen (secondary N) is 1. The Labute approximate surface area is 182 Å². The first-order chi connectivity index (χ1) is 15.5. The first-order valence-electron chi connectivity index (χ1n) is 9.68. The van der Waals surface area contributed by atoms with E-state index in [0.29, 0.717) is 29.3 Å². The number of pyridine rings is 1. The molecule has 2 heterocycles. The number of fused-ring (bicyclic) bond motifs is 1. The van der Waals surface area contributed by atoms with Crippen LogP contribution in [-0.2, 0) is 17.9 Å². The number of halogens is 1. The second kappa shape index (κ2) is 9.25. The van der Waals surface area contributed by atoms with Crippen molar-refractivity contribution >= 4 is 22.5 Å². The molecule has 32 heavy (non-hydrogen) atoms. The number of amides is 1. The van der Waals surface area contributed by atoms with Crippen LogP contribution in [0.1, 0.15) is 5.56 Å². The van der Waals surface area contributed by atoms with Crippen molar-refractivity contribution < 1.29 is 18.7 Å². The fraction of sp³-hybridized carbons (Fsp3) is 0.130. The van der Waals surface area contributed by atoms with Crippen molar-refractivity contribution in [3.8, 4) is 11.5 Å². The average molecular weight is 434 g/mol. The third kappa shape index (κ3) is 4.72. The quantitative estimate of drug-likeness (QED) is 0.480. The van der Waals surface area contributed by atoms with Crippen molar-refractivity contribution in [3.63, 3.8) is 0 Å². The lowest BCUT2D eigenvalue weighted by atomic mass is 10.2. The predicted molar refractivity (Wildman–Crippen MR) is 116 cm³/mol. The van der Waals surface area contributed by atoms with Crippen molar-refractivity contribution in [2.75, 3.05) is 12.4 Å². The van der Waals surface area contributed by atoms with Crippen molar-refractivity contribution in [2.45, 2.75) is 13.2 Å². The van der Waals surface area contributed by atoms with Gasteiger partial charge in [0.1, 0.15) is 19.0 Å². The molecule has 0 saturated carbocycles. The maximum atomic E-state index is 13.5. The molecule has 0 saturated heterocycles. The number of rotatable bonds is 7. The number of methoxy groups -OCH3 is 1. The number of benzene rings is 2. The molecule has 9 heteroatoms. The topological polar surface area (TPSA) is 95.3 Å². The summed E-state index contributed by atoms with van der Waals surface area (Å²) in [5.74, 6) is -0.0396. The normalized spacial score (nSPS) is 10.7. The Balaban J connectivity index is 1.49. The van der Waals surface area contributed by atoms with Gasteiger partial charge in [0.15, 0.2) is 11.5 Å². The number of carbonyl (C=O) groups is 1. The van der Waals surface area contributed by atoms with Gasteiger partial charge >= 0.3 is 0 Å². The van der Waals surface area contributed by atoms with Gasteiger partial charge in [0.25, 0.3) is 5.56 Å². The van der Waals surface area contributed by atoms with Crippen LogP contribution in [0.2, 0.25) is 0 Å². The number of ether oxygens (including phenoxy) is 2. The molecular weight excluding hydrogens is 415 g/mol. The molecule has 4 aromatic rings. The lowest BCUT2D eigenvalue weighted by molar-refractivity contribution is -0.116. The van der Waals surface area contributed by atoms with E-state index in [9.17, 15) is 14.0 Å². The minimum atomic E-state index is -0.545. The molecule has 0 spiro atoms. The number of anilines is 1. The lowest BCUT2D eigenvalue weighted by Gasteiger charge is -2.13. The summed E-state index contributed by atoms with van der Waals surface area (Å²) in [5.41, 5.74) is 1.25. The molecule has 0 aliphatic heterocycles. The van der Waals surface area contributed by atoms with E-state index >= 15 is 0 Å². The molecule has 8 nitrogen and oxygen atoms in total. The lowest BCUT2D eigenvalue weighted by Crippen LogP contribution is -2.28. The molecule has 162 valence electrons. The summed E-state index contributed by atoms with van der Waals surface area (Å²) in [6.45, 7) is 0.0164. The van der Waals surface area contributed by atoms with Crippen LogP contribution in [0.4, 0.5) is 10.1 Å². The van der Waals surface area contributed by atoms with E-state index in [2.05, 4.69) is 15.3 Å². The number of aromatic nitrogens is 3. The maximum Gasteiger partial charge on any atom is 0.261 e. The molecule has 0 aliphatic carbocycles. The second-order valence-electron chi connectivity index (χ2n) is 6.90. The SMILES string of the molecule is COc1ccc(NC(=O)Cn2cnc3ccc(F)cc3c2=O)cc1OCc1ccncc1. The van der Waals surface area contributed by atoms with E-state index < -0.39 is 17.3 Å². The third-order valence-electron chi connectivity index (χ3n) is 4.69. The summed E-state index contributed by atoms with van der Waals surface area (Å²) < 4.78 is 25.8. The zero-order valence-corrected chi connectivity index (χ0v) is 17.1. The van der Waals surface area contributed by atoms with Gasteiger partial charge in [-0.25, -0.2) is 9.37 Å². The predicted octanol–water partition coefficient (Wildman–Crippen LogP) is 3.16. The summed E-state index contributed by atoms with van der Waals surface area (Å²) in [6, 6.07) is 12.4. The Morgan fingerprint density at radius 3 is 2.69 bits per heavy atom. The molecule has 0 unspecified atom stereocenters. The number of hydrogen-bond donors (Lipinski definition) is 1. The molecular formula is C23H19FN4O4. The highest BCUT2D eigenvalue weighted by Gasteiger charge is 2.12. The van der Waals surface area contributed by atoms with Crippen LogP contribution in [0, 0.1) is 5.82 Å². The van der Waals surface area contributed by atoms with Crippen LogP contribution >= 0.6 is 0 Å². The standard InChI is InChI=1S/C23H19FN4O4/c1-31-20-5-3-17(11-21(20)32-13-15-6-8-25-9-7-15)27-22(29)12-28-14-26-19-4-2-16(24)10-18(19)23(28)30/h2-11,14H,12-13H2,1H3,(H,27,29). The Morgan fingerprint density at radius 1 is 1.09 bits per heavy atom. The van der Waals surface area contributed by atoms with Crippen molar-refractivity contribution in [1.29, 1.82) is 0 Å². The zero-order valence-electron chi connectivity index (χ0n) is 17.1. The smallest absolute Gasteiger partial charge is 0.261 e. The first kappa shape index (κ1) is 21.0. The first-order valence-corrected chi connectivity index (χ1v) is 9.68. The van der Waals surface area contributed by atoms with Gasteiger partial charge in [-0.15, -0.1) is 0 Å². The van der Waals surface area contributed by atoms with E-state index in [-0.39, 0.29) is 11.9 Å². The molecule has 0 atom stereocenters. The van der Waals surface area contributed by atoms with E-state index in [0.717, 1.165) is 16.2 Å². The zero-order chi connectivity index (χ0) is 22.5. The van der Waals surface area contributed by atoms with Gasteiger partial charge in [-0.2, -0.15) is 0 Å². The van der Waals surface area contributed by atoms with Gasteiger partial charge in [0.05, 0.1) is 24.3 Å². The summed E-state index contributed by atoms with van der Waals surface area (Å²) >= 11 is 0. The number of hydrogen-bond acceptors (Lipinski definition) is 6. The highest BCUT2D eigenvalue weighted by Crippen LogP contribution is 2.31. The highest BCUT2D eigenvalue weighted by atomic mass is 19.1. The minimum Gasteiger partial charge on any atom is -0.493 e. The van der Waals surface area contributed by atoms with Gasteiger partial charge in [0.2, 0.25) is 5.91 Å². The van der Waals surface area contributed by atoms with E-state index in [1.54, 1.807) is 30.6 Å². The molecule has 0 radical (unpaired) electrons. The van der Waals surface area contributed by atoms with E-state index in [1.165, 1.54) is 25.6 Å². The largest absolute Gasteiger partial charge is 0.493 e. The van der Waals surface area contributed by atoms with Gasteiger partial charge in [-0.1, -0.05) is 0 Å². The van der Waals surface area contributed by atoms with Crippen LogP contribution in [0.25, 0.3) is 10.9 Å². The molecule has 1 N–H and O–H groups in total. The van der Waals surface area contributed by atoms with Crippen molar-refractivity contribution in [2.24, 2.45) is 0 Å². The monoisotopic (exact) mass is 434 g/mol. The third-order valence-corrected chi connectivity index (χ3v) is 4.69. The summed E-state index contributed by atoms with van der Waals surface area (Å²) in [4.78, 5) is 33.2. The molecule has 4 rings (SSSR count). The van der Waals surface area contributed by atoms with Crippen LogP contribution in [0.3, 0.4) is 0 Å². The van der Waals surface area contributed by atoms with Gasteiger partial charge < -0.3 is 14.8 Å². The maximum absolute atomic E-state index is 13.5.